The fourth-order valence-corrected chi connectivity index (χ4v) is 4.81. The Balaban J connectivity index is 1.40. The molecule has 1 saturated carbocycles. The maximum atomic E-state index is 12.6. The van der Waals surface area contributed by atoms with E-state index in [2.05, 4.69) is 37.8 Å². The van der Waals surface area contributed by atoms with Gasteiger partial charge in [-0.05, 0) is 62.4 Å². The second-order valence-corrected chi connectivity index (χ2v) is 9.72. The lowest BCUT2D eigenvalue weighted by Gasteiger charge is -2.33. The van der Waals surface area contributed by atoms with Crippen molar-refractivity contribution in [2.24, 2.45) is 0 Å². The van der Waals surface area contributed by atoms with Gasteiger partial charge in [-0.15, -0.1) is 5.10 Å². The number of anilines is 3. The minimum absolute atomic E-state index is 0.00202. The quantitative estimate of drug-likeness (QED) is 0.440. The van der Waals surface area contributed by atoms with Crippen molar-refractivity contribution in [3.05, 3.63) is 40.2 Å². The highest BCUT2D eigenvalue weighted by Crippen LogP contribution is 2.39. The average Bonchev–Trinajstić information content (AvgIpc) is 3.59. The monoisotopic (exact) mass is 529 g/mol. The molecular weight excluding hydrogens is 507 g/mol. The molecular formula is C24H23ClF3N9. The van der Waals surface area contributed by atoms with Crippen molar-refractivity contribution in [2.75, 3.05) is 30.3 Å². The summed E-state index contributed by atoms with van der Waals surface area (Å²) in [5, 5.41) is 30.3. The van der Waals surface area contributed by atoms with E-state index in [1.54, 1.807) is 17.0 Å². The van der Waals surface area contributed by atoms with Gasteiger partial charge in [-0.3, -0.25) is 0 Å². The number of piperidine rings is 1. The number of halogens is 4. The number of nitriles is 2. The van der Waals surface area contributed by atoms with Gasteiger partial charge < -0.3 is 15.5 Å². The van der Waals surface area contributed by atoms with Crippen molar-refractivity contribution >= 4 is 34.7 Å². The third kappa shape index (κ3) is 5.71. The molecule has 9 nitrogen and oxygen atoms in total. The highest BCUT2D eigenvalue weighted by atomic mass is 35.5. The maximum absolute atomic E-state index is 12.6. The highest BCUT2D eigenvalue weighted by molar-refractivity contribution is 6.34. The van der Waals surface area contributed by atoms with Crippen LogP contribution in [0.25, 0.3) is 5.65 Å². The molecule has 0 atom stereocenters. The van der Waals surface area contributed by atoms with Crippen LogP contribution in [0.1, 0.15) is 54.8 Å². The molecule has 2 fully saturated rings. The molecule has 2 aliphatic rings. The predicted octanol–water partition coefficient (Wildman–Crippen LogP) is 4.97. The first kappa shape index (κ1) is 25.1. The summed E-state index contributed by atoms with van der Waals surface area (Å²) in [7, 11) is 0. The molecule has 1 aliphatic carbocycles. The summed E-state index contributed by atoms with van der Waals surface area (Å²) in [5.41, 5.74) is 2.26. The van der Waals surface area contributed by atoms with Gasteiger partial charge in [-0.2, -0.15) is 33.2 Å². The van der Waals surface area contributed by atoms with Crippen LogP contribution >= 0.6 is 11.6 Å². The zero-order valence-corrected chi connectivity index (χ0v) is 20.4. The Morgan fingerprint density at radius 1 is 1.11 bits per heavy atom. The standard InChI is InChI=1S/C24H23ClF3N9/c25-20-18(15-3-6-36(7-4-15)8-5-24(26,27)28)9-14(11-29)10-19(20)33-23-34-21(32-16-1-2-16)22-31-13-17(12-30)37(22)35-23/h9-10,13,15-16H,1-8H2,(H2,32,33,34,35). The summed E-state index contributed by atoms with van der Waals surface area (Å²) >= 11 is 6.79. The SMILES string of the molecule is N#Cc1cc(Nc2nc(NC3CC3)c3ncc(C#N)n3n2)c(Cl)c(C2CCN(CCC(F)(F)F)CC2)c1. The van der Waals surface area contributed by atoms with Crippen LogP contribution in [0.15, 0.2) is 18.3 Å². The lowest BCUT2D eigenvalue weighted by atomic mass is 9.88. The van der Waals surface area contributed by atoms with E-state index in [-0.39, 0.29) is 30.1 Å². The fourth-order valence-electron chi connectivity index (χ4n) is 4.50. The number of benzene rings is 1. The molecule has 13 heteroatoms. The number of aromatic nitrogens is 4. The van der Waals surface area contributed by atoms with Crippen LogP contribution in [-0.4, -0.2) is 56.3 Å². The molecule has 5 rings (SSSR count). The van der Waals surface area contributed by atoms with E-state index in [1.807, 2.05) is 0 Å². The fraction of sp³-hybridized carbons (Fsp3) is 0.458. The Morgan fingerprint density at radius 3 is 2.51 bits per heavy atom. The van der Waals surface area contributed by atoms with Gasteiger partial charge in [0.25, 0.3) is 0 Å². The van der Waals surface area contributed by atoms with Crippen LogP contribution < -0.4 is 10.6 Å². The van der Waals surface area contributed by atoms with E-state index in [0.717, 1.165) is 18.4 Å². The number of likely N-dealkylation sites (tertiary alicyclic amines) is 1. The molecule has 1 saturated heterocycles. The molecule has 0 spiro atoms. The molecule has 2 N–H and O–H groups in total. The second-order valence-electron chi connectivity index (χ2n) is 9.34. The van der Waals surface area contributed by atoms with E-state index in [9.17, 15) is 23.7 Å². The topological polar surface area (TPSA) is 118 Å². The van der Waals surface area contributed by atoms with Gasteiger partial charge in [0.05, 0.1) is 35.0 Å². The average molecular weight is 530 g/mol. The van der Waals surface area contributed by atoms with Crippen molar-refractivity contribution in [3.63, 3.8) is 0 Å². The lowest BCUT2D eigenvalue weighted by molar-refractivity contribution is -0.138. The minimum atomic E-state index is -4.17. The molecule has 37 heavy (non-hydrogen) atoms. The summed E-state index contributed by atoms with van der Waals surface area (Å²) in [6.45, 7) is 1.01. The maximum Gasteiger partial charge on any atom is 0.390 e. The number of imidazole rings is 1. The smallest absolute Gasteiger partial charge is 0.364 e. The molecule has 3 heterocycles. The van der Waals surface area contributed by atoms with Gasteiger partial charge >= 0.3 is 6.18 Å². The van der Waals surface area contributed by atoms with E-state index < -0.39 is 12.6 Å². The normalized spacial score (nSPS) is 16.9. The summed E-state index contributed by atoms with van der Waals surface area (Å²) in [6.07, 6.45) is -0.296. The number of hydrogen-bond donors (Lipinski definition) is 2. The van der Waals surface area contributed by atoms with Crippen LogP contribution in [0.2, 0.25) is 5.02 Å². The summed E-state index contributed by atoms with van der Waals surface area (Å²) < 4.78 is 39.2. The van der Waals surface area contributed by atoms with Gasteiger partial charge in [-0.1, -0.05) is 11.6 Å². The molecule has 0 radical (unpaired) electrons. The first-order valence-corrected chi connectivity index (χ1v) is 12.3. The third-order valence-corrected chi connectivity index (χ3v) is 7.03. The first-order chi connectivity index (χ1) is 17.7. The molecule has 192 valence electrons. The van der Waals surface area contributed by atoms with Gasteiger partial charge in [0.1, 0.15) is 6.07 Å². The van der Waals surface area contributed by atoms with Gasteiger partial charge in [0.15, 0.2) is 17.2 Å². The van der Waals surface area contributed by atoms with E-state index in [0.29, 0.717) is 53.7 Å². The Bertz CT molecular complexity index is 1390. The van der Waals surface area contributed by atoms with Gasteiger partial charge in [0, 0.05) is 12.6 Å². The second kappa shape index (κ2) is 10.0. The van der Waals surface area contributed by atoms with Crippen LogP contribution in [0.3, 0.4) is 0 Å². The van der Waals surface area contributed by atoms with Crippen molar-refractivity contribution in [3.8, 4) is 12.1 Å². The molecule has 0 unspecified atom stereocenters. The number of nitrogens with zero attached hydrogens (tertiary/aromatic N) is 7. The summed E-state index contributed by atoms with van der Waals surface area (Å²) in [4.78, 5) is 10.6. The lowest BCUT2D eigenvalue weighted by Crippen LogP contribution is -2.35. The van der Waals surface area contributed by atoms with Gasteiger partial charge in [0.2, 0.25) is 5.95 Å². The zero-order valence-electron chi connectivity index (χ0n) is 19.7. The van der Waals surface area contributed by atoms with Crippen molar-refractivity contribution in [1.29, 1.82) is 10.5 Å². The highest BCUT2D eigenvalue weighted by Gasteiger charge is 2.30. The Labute approximate surface area is 215 Å². The molecule has 1 aromatic carbocycles. The minimum Gasteiger partial charge on any atom is -0.364 e. The molecule has 1 aliphatic heterocycles. The molecule has 3 aromatic rings. The van der Waals surface area contributed by atoms with E-state index >= 15 is 0 Å². The summed E-state index contributed by atoms with van der Waals surface area (Å²) in [6, 6.07) is 7.83. The largest absolute Gasteiger partial charge is 0.390 e. The van der Waals surface area contributed by atoms with Crippen molar-refractivity contribution in [2.45, 2.75) is 50.2 Å². The number of nitrogens with one attached hydrogen (secondary N) is 2. The third-order valence-electron chi connectivity index (χ3n) is 6.61. The molecule has 0 amide bonds. The number of fused-ring (bicyclic) bond motifs is 1. The molecule has 2 aromatic heterocycles. The zero-order chi connectivity index (χ0) is 26.2. The number of rotatable bonds is 7. The summed E-state index contributed by atoms with van der Waals surface area (Å²) in [5.74, 6) is 0.661. The first-order valence-electron chi connectivity index (χ1n) is 12.0. The van der Waals surface area contributed by atoms with Crippen molar-refractivity contribution in [1.82, 2.24) is 24.5 Å². The van der Waals surface area contributed by atoms with Crippen LogP contribution in [0.4, 0.5) is 30.6 Å². The molecule has 0 bridgehead atoms. The number of alkyl halides is 3. The van der Waals surface area contributed by atoms with Crippen LogP contribution in [0, 0.1) is 22.7 Å². The van der Waals surface area contributed by atoms with E-state index in [1.165, 1.54) is 10.7 Å². The Hall–Kier alpha value is -3.61. The van der Waals surface area contributed by atoms with Crippen molar-refractivity contribution < 1.29 is 13.2 Å². The van der Waals surface area contributed by atoms with Crippen LogP contribution in [-0.2, 0) is 0 Å². The van der Waals surface area contributed by atoms with E-state index in [4.69, 9.17) is 11.6 Å². The Morgan fingerprint density at radius 2 is 1.86 bits per heavy atom. The number of hydrogen-bond acceptors (Lipinski definition) is 8. The van der Waals surface area contributed by atoms with Gasteiger partial charge in [-0.25, -0.2) is 4.98 Å². The Kier molecular flexibility index (Phi) is 6.80. The van der Waals surface area contributed by atoms with Crippen LogP contribution in [0.5, 0.6) is 0 Å². The predicted molar refractivity (Wildman–Crippen MR) is 131 cm³/mol.